The van der Waals surface area contributed by atoms with E-state index < -0.39 is 5.60 Å². The average Bonchev–Trinajstić information content (AvgIpc) is 2.72. The smallest absolute Gasteiger partial charge is 0.0723 e. The fraction of sp³-hybridized carbons (Fsp3) is 1.00. The third-order valence-electron chi connectivity index (χ3n) is 3.86. The highest BCUT2D eigenvalue weighted by atomic mass is 16.5. The van der Waals surface area contributed by atoms with Crippen LogP contribution >= 0.6 is 0 Å². The summed E-state index contributed by atoms with van der Waals surface area (Å²) in [4.78, 5) is 2.41. The first kappa shape index (κ1) is 10.4. The predicted octanol–water partition coefficient (Wildman–Crippen LogP) is 0.870. The molecule has 1 N–H and O–H groups in total. The van der Waals surface area contributed by atoms with E-state index in [1.54, 1.807) is 0 Å². The summed E-state index contributed by atoms with van der Waals surface area (Å²) in [6, 6.07) is 0. The van der Waals surface area contributed by atoms with Crippen LogP contribution in [0, 0.1) is 5.92 Å². The second kappa shape index (κ2) is 4.17. The maximum absolute atomic E-state index is 10.5. The molecule has 2 fully saturated rings. The molecule has 2 rings (SSSR count). The summed E-state index contributed by atoms with van der Waals surface area (Å²) < 4.78 is 5.36. The number of aliphatic hydroxyl groups is 1. The number of piperidine rings is 1. The number of hydrogen-bond acceptors (Lipinski definition) is 3. The molecule has 2 heterocycles. The van der Waals surface area contributed by atoms with E-state index in [2.05, 4.69) is 11.8 Å². The van der Waals surface area contributed by atoms with Crippen LogP contribution in [0.15, 0.2) is 0 Å². The maximum Gasteiger partial charge on any atom is 0.0723 e. The van der Waals surface area contributed by atoms with Gasteiger partial charge in [-0.2, -0.15) is 0 Å². The van der Waals surface area contributed by atoms with Crippen molar-refractivity contribution in [2.45, 2.75) is 31.8 Å². The van der Waals surface area contributed by atoms with Gasteiger partial charge in [0, 0.05) is 25.6 Å². The van der Waals surface area contributed by atoms with Crippen LogP contribution in [-0.2, 0) is 4.74 Å². The first-order valence-corrected chi connectivity index (χ1v) is 5.77. The van der Waals surface area contributed by atoms with Crippen molar-refractivity contribution >= 4 is 0 Å². The van der Waals surface area contributed by atoms with Crippen LogP contribution in [0.1, 0.15) is 26.2 Å². The van der Waals surface area contributed by atoms with E-state index in [0.29, 0.717) is 5.92 Å². The van der Waals surface area contributed by atoms with Crippen LogP contribution < -0.4 is 0 Å². The van der Waals surface area contributed by atoms with Gasteiger partial charge in [-0.25, -0.2) is 0 Å². The van der Waals surface area contributed by atoms with Gasteiger partial charge >= 0.3 is 0 Å². The monoisotopic (exact) mass is 199 g/mol. The highest BCUT2D eigenvalue weighted by Crippen LogP contribution is 2.34. The van der Waals surface area contributed by atoms with E-state index in [9.17, 15) is 5.11 Å². The van der Waals surface area contributed by atoms with Gasteiger partial charge in [0.25, 0.3) is 0 Å². The first-order valence-electron chi connectivity index (χ1n) is 5.77. The summed E-state index contributed by atoms with van der Waals surface area (Å²) >= 11 is 0. The van der Waals surface area contributed by atoms with Crippen LogP contribution in [-0.4, -0.2) is 48.5 Å². The van der Waals surface area contributed by atoms with E-state index in [1.165, 1.54) is 0 Å². The zero-order valence-corrected chi connectivity index (χ0v) is 9.04. The lowest BCUT2D eigenvalue weighted by atomic mass is 9.79. The molecule has 0 aromatic carbocycles. The van der Waals surface area contributed by atoms with Gasteiger partial charge in [-0.1, -0.05) is 6.92 Å². The van der Waals surface area contributed by atoms with Gasteiger partial charge in [0.1, 0.15) is 0 Å². The number of rotatable bonds is 2. The molecule has 2 saturated heterocycles. The fourth-order valence-electron chi connectivity index (χ4n) is 2.62. The summed E-state index contributed by atoms with van der Waals surface area (Å²) in [6.45, 7) is 6.99. The van der Waals surface area contributed by atoms with Gasteiger partial charge < -0.3 is 14.7 Å². The van der Waals surface area contributed by atoms with Crippen LogP contribution in [0.5, 0.6) is 0 Å². The van der Waals surface area contributed by atoms with Crippen LogP contribution in [0.4, 0.5) is 0 Å². The first-order chi connectivity index (χ1) is 6.74. The molecular weight excluding hydrogens is 178 g/mol. The van der Waals surface area contributed by atoms with Crippen molar-refractivity contribution in [3.63, 3.8) is 0 Å². The molecule has 1 atom stereocenters. The zero-order chi connectivity index (χ0) is 10.0. The third kappa shape index (κ3) is 1.95. The normalized spacial score (nSPS) is 33.4. The Labute approximate surface area is 86.0 Å². The molecule has 0 aromatic heterocycles. The number of likely N-dealkylation sites (tertiary alicyclic amines) is 1. The number of ether oxygens (including phenoxy) is 1. The Morgan fingerprint density at radius 1 is 1.43 bits per heavy atom. The van der Waals surface area contributed by atoms with E-state index in [1.807, 2.05) is 0 Å². The fourth-order valence-corrected chi connectivity index (χ4v) is 2.62. The molecule has 14 heavy (non-hydrogen) atoms. The Morgan fingerprint density at radius 2 is 2.14 bits per heavy atom. The Hall–Kier alpha value is -0.120. The predicted molar refractivity (Wildman–Crippen MR) is 55.2 cm³/mol. The van der Waals surface area contributed by atoms with Gasteiger partial charge in [0.15, 0.2) is 0 Å². The standard InChI is InChI=1S/C11H21NO2/c1-2-12-6-4-11(13,5-7-12)10-3-8-14-9-10/h10,13H,2-9H2,1H3. The molecule has 2 aliphatic heterocycles. The molecule has 0 spiro atoms. The van der Waals surface area contributed by atoms with Crippen molar-refractivity contribution in [3.8, 4) is 0 Å². The van der Waals surface area contributed by atoms with Gasteiger partial charge in [-0.05, 0) is 25.8 Å². The molecule has 2 aliphatic rings. The average molecular weight is 199 g/mol. The van der Waals surface area contributed by atoms with Crippen molar-refractivity contribution in [1.29, 1.82) is 0 Å². The van der Waals surface area contributed by atoms with E-state index in [0.717, 1.165) is 52.1 Å². The van der Waals surface area contributed by atoms with Crippen molar-refractivity contribution < 1.29 is 9.84 Å². The molecule has 0 radical (unpaired) electrons. The summed E-state index contributed by atoms with van der Waals surface area (Å²) in [5.41, 5.74) is -0.428. The minimum absolute atomic E-state index is 0.390. The SMILES string of the molecule is CCN1CCC(O)(C2CCOC2)CC1. The molecule has 1 unspecified atom stereocenters. The number of nitrogens with zero attached hydrogens (tertiary/aromatic N) is 1. The largest absolute Gasteiger partial charge is 0.389 e. The lowest BCUT2D eigenvalue weighted by Gasteiger charge is -2.41. The Morgan fingerprint density at radius 3 is 2.64 bits per heavy atom. The van der Waals surface area contributed by atoms with Crippen molar-refractivity contribution in [1.82, 2.24) is 4.90 Å². The van der Waals surface area contributed by atoms with Gasteiger partial charge in [0.05, 0.1) is 12.2 Å². The Bertz CT molecular complexity index is 182. The van der Waals surface area contributed by atoms with E-state index >= 15 is 0 Å². The highest BCUT2D eigenvalue weighted by Gasteiger charge is 2.40. The molecule has 0 aliphatic carbocycles. The number of hydrogen-bond donors (Lipinski definition) is 1. The quantitative estimate of drug-likeness (QED) is 0.716. The molecule has 0 bridgehead atoms. The van der Waals surface area contributed by atoms with E-state index in [-0.39, 0.29) is 0 Å². The van der Waals surface area contributed by atoms with E-state index in [4.69, 9.17) is 4.74 Å². The third-order valence-corrected chi connectivity index (χ3v) is 3.86. The molecule has 3 nitrogen and oxygen atoms in total. The maximum atomic E-state index is 10.5. The highest BCUT2D eigenvalue weighted by molar-refractivity contribution is 4.92. The second-order valence-corrected chi connectivity index (χ2v) is 4.60. The van der Waals surface area contributed by atoms with Crippen molar-refractivity contribution in [2.75, 3.05) is 32.8 Å². The summed E-state index contributed by atoms with van der Waals surface area (Å²) in [5.74, 6) is 0.390. The zero-order valence-electron chi connectivity index (χ0n) is 9.04. The Kier molecular flexibility index (Phi) is 3.10. The van der Waals surface area contributed by atoms with Gasteiger partial charge in [0.2, 0.25) is 0 Å². The molecule has 0 saturated carbocycles. The lowest BCUT2D eigenvalue weighted by Crippen LogP contribution is -2.49. The summed E-state index contributed by atoms with van der Waals surface area (Å²) in [6.07, 6.45) is 2.90. The van der Waals surface area contributed by atoms with Crippen LogP contribution in [0.3, 0.4) is 0 Å². The molecule has 82 valence electrons. The minimum atomic E-state index is -0.428. The van der Waals surface area contributed by atoms with Crippen LogP contribution in [0.25, 0.3) is 0 Å². The minimum Gasteiger partial charge on any atom is -0.389 e. The summed E-state index contributed by atoms with van der Waals surface area (Å²) in [5, 5.41) is 10.5. The topological polar surface area (TPSA) is 32.7 Å². The van der Waals surface area contributed by atoms with Crippen molar-refractivity contribution in [2.24, 2.45) is 5.92 Å². The van der Waals surface area contributed by atoms with Crippen LogP contribution in [0.2, 0.25) is 0 Å². The molecule has 0 amide bonds. The molecule has 3 heteroatoms. The molecular formula is C11H21NO2. The summed E-state index contributed by atoms with van der Waals surface area (Å²) in [7, 11) is 0. The van der Waals surface area contributed by atoms with Gasteiger partial charge in [-0.15, -0.1) is 0 Å². The second-order valence-electron chi connectivity index (χ2n) is 4.60. The Balaban J connectivity index is 1.90. The lowest BCUT2D eigenvalue weighted by molar-refractivity contribution is -0.0672. The van der Waals surface area contributed by atoms with Gasteiger partial charge in [-0.3, -0.25) is 0 Å². The van der Waals surface area contributed by atoms with Crippen molar-refractivity contribution in [3.05, 3.63) is 0 Å². The molecule has 0 aromatic rings.